The Morgan fingerprint density at radius 1 is 1.38 bits per heavy atom. The first-order chi connectivity index (χ1) is 13.9. The quantitative estimate of drug-likeness (QED) is 0.538. The highest BCUT2D eigenvalue weighted by Gasteiger charge is 2.28. The number of anilines is 1. The molecule has 1 fully saturated rings. The number of aromatic nitrogens is 3. The molecule has 4 N–H and O–H groups in total. The molecule has 9 heteroatoms. The lowest BCUT2D eigenvalue weighted by Crippen LogP contribution is -2.32. The minimum atomic E-state index is -0.980. The lowest BCUT2D eigenvalue weighted by atomic mass is 9.96. The van der Waals surface area contributed by atoms with Gasteiger partial charge in [0, 0.05) is 36.0 Å². The SMILES string of the molecule is COc1cc(CC(=O)Nc2cc([C@H]3CC[C@@H](CC(C)NC(=O)O)C3)[nH]n2)ccn1. The molecule has 9 nitrogen and oxygen atoms in total. The van der Waals surface area contributed by atoms with Crippen molar-refractivity contribution < 1.29 is 19.4 Å². The molecule has 0 radical (unpaired) electrons. The molecule has 29 heavy (non-hydrogen) atoms. The second-order valence-electron chi connectivity index (χ2n) is 7.60. The van der Waals surface area contributed by atoms with E-state index < -0.39 is 6.09 Å². The number of carbonyl (C=O) groups is 2. The molecule has 2 aromatic rings. The van der Waals surface area contributed by atoms with Crippen LogP contribution in [0.1, 0.15) is 49.8 Å². The van der Waals surface area contributed by atoms with E-state index in [9.17, 15) is 9.59 Å². The Labute approximate surface area is 169 Å². The van der Waals surface area contributed by atoms with Gasteiger partial charge in [-0.05, 0) is 50.2 Å². The summed E-state index contributed by atoms with van der Waals surface area (Å²) in [6.45, 7) is 1.89. The van der Waals surface area contributed by atoms with Crippen LogP contribution in [0.4, 0.5) is 10.6 Å². The Balaban J connectivity index is 1.50. The van der Waals surface area contributed by atoms with Crippen molar-refractivity contribution in [2.45, 2.75) is 51.0 Å². The zero-order chi connectivity index (χ0) is 20.8. The first-order valence-electron chi connectivity index (χ1n) is 9.76. The fraction of sp³-hybridized carbons (Fsp3) is 0.500. The summed E-state index contributed by atoms with van der Waals surface area (Å²) in [5.74, 6) is 1.65. The van der Waals surface area contributed by atoms with Crippen molar-refractivity contribution in [2.24, 2.45) is 5.92 Å². The van der Waals surface area contributed by atoms with Gasteiger partial charge in [-0.3, -0.25) is 9.89 Å². The molecular formula is C20H27N5O4. The molecule has 0 saturated heterocycles. The molecule has 0 spiro atoms. The number of aromatic amines is 1. The normalized spacial score (nSPS) is 19.5. The second kappa shape index (κ2) is 9.40. The fourth-order valence-electron chi connectivity index (χ4n) is 4.00. The molecule has 1 aliphatic rings. The molecule has 156 valence electrons. The number of carbonyl (C=O) groups excluding carboxylic acids is 1. The van der Waals surface area contributed by atoms with Gasteiger partial charge in [-0.15, -0.1) is 0 Å². The molecule has 3 rings (SSSR count). The predicted molar refractivity (Wildman–Crippen MR) is 107 cm³/mol. The van der Waals surface area contributed by atoms with Crippen molar-refractivity contribution in [3.8, 4) is 5.88 Å². The Kier molecular flexibility index (Phi) is 6.69. The number of amides is 2. The average molecular weight is 401 g/mol. The van der Waals surface area contributed by atoms with Crippen molar-refractivity contribution in [3.05, 3.63) is 35.7 Å². The van der Waals surface area contributed by atoms with Crippen molar-refractivity contribution in [1.29, 1.82) is 0 Å². The topological polar surface area (TPSA) is 129 Å². The van der Waals surface area contributed by atoms with Crippen LogP contribution in [0, 0.1) is 5.92 Å². The number of methoxy groups -OCH3 is 1. The third-order valence-corrected chi connectivity index (χ3v) is 5.28. The number of pyridine rings is 1. The molecule has 2 amide bonds. The summed E-state index contributed by atoms with van der Waals surface area (Å²) >= 11 is 0. The summed E-state index contributed by atoms with van der Waals surface area (Å²) < 4.78 is 5.07. The van der Waals surface area contributed by atoms with E-state index in [4.69, 9.17) is 9.84 Å². The highest BCUT2D eigenvalue weighted by Crippen LogP contribution is 2.40. The zero-order valence-corrected chi connectivity index (χ0v) is 16.6. The van der Waals surface area contributed by atoms with E-state index in [-0.39, 0.29) is 18.4 Å². The van der Waals surface area contributed by atoms with Crippen molar-refractivity contribution in [1.82, 2.24) is 20.5 Å². The van der Waals surface area contributed by atoms with E-state index in [2.05, 4.69) is 25.8 Å². The first-order valence-corrected chi connectivity index (χ1v) is 9.76. The lowest BCUT2D eigenvalue weighted by molar-refractivity contribution is -0.115. The van der Waals surface area contributed by atoms with Crippen LogP contribution in [-0.2, 0) is 11.2 Å². The monoisotopic (exact) mass is 401 g/mol. The molecule has 1 unspecified atom stereocenters. The van der Waals surface area contributed by atoms with Gasteiger partial charge in [0.1, 0.15) is 0 Å². The third-order valence-electron chi connectivity index (χ3n) is 5.28. The molecule has 1 saturated carbocycles. The summed E-state index contributed by atoms with van der Waals surface area (Å²) in [6.07, 6.45) is 4.73. The molecule has 0 bridgehead atoms. The van der Waals surface area contributed by atoms with E-state index in [0.29, 0.717) is 23.5 Å². The number of H-pyrrole nitrogens is 1. The minimum absolute atomic E-state index is 0.0559. The zero-order valence-electron chi connectivity index (χ0n) is 16.6. The van der Waals surface area contributed by atoms with Gasteiger partial charge in [-0.1, -0.05) is 0 Å². The van der Waals surface area contributed by atoms with Crippen LogP contribution < -0.4 is 15.4 Å². The Bertz CT molecular complexity index is 853. The number of carboxylic acid groups (broad SMARTS) is 1. The highest BCUT2D eigenvalue weighted by atomic mass is 16.5. The summed E-state index contributed by atoms with van der Waals surface area (Å²) in [5, 5.41) is 21.4. The van der Waals surface area contributed by atoms with Gasteiger partial charge in [-0.25, -0.2) is 9.78 Å². The van der Waals surface area contributed by atoms with E-state index >= 15 is 0 Å². The lowest BCUT2D eigenvalue weighted by Gasteiger charge is -2.16. The van der Waals surface area contributed by atoms with Gasteiger partial charge < -0.3 is 20.5 Å². The van der Waals surface area contributed by atoms with Crippen LogP contribution in [-0.4, -0.2) is 45.4 Å². The second-order valence-corrected chi connectivity index (χ2v) is 7.60. The number of ether oxygens (including phenoxy) is 1. The first kappa shape index (κ1) is 20.6. The molecule has 2 heterocycles. The average Bonchev–Trinajstić information content (AvgIpc) is 3.30. The van der Waals surface area contributed by atoms with E-state index in [1.54, 1.807) is 18.3 Å². The van der Waals surface area contributed by atoms with Crippen LogP contribution in [0.3, 0.4) is 0 Å². The smallest absolute Gasteiger partial charge is 0.404 e. The maximum Gasteiger partial charge on any atom is 0.404 e. The number of nitrogens with zero attached hydrogens (tertiary/aromatic N) is 2. The third kappa shape index (κ3) is 5.94. The fourth-order valence-corrected chi connectivity index (χ4v) is 4.00. The number of hydrogen-bond donors (Lipinski definition) is 4. The van der Waals surface area contributed by atoms with Crippen LogP contribution in [0.2, 0.25) is 0 Å². The molecule has 0 aromatic carbocycles. The summed E-state index contributed by atoms with van der Waals surface area (Å²) in [6, 6.07) is 5.34. The van der Waals surface area contributed by atoms with Crippen LogP contribution >= 0.6 is 0 Å². The minimum Gasteiger partial charge on any atom is -0.481 e. The maximum atomic E-state index is 12.3. The van der Waals surface area contributed by atoms with Gasteiger partial charge in [0.05, 0.1) is 13.5 Å². The standard InChI is InChI=1S/C20H27N5O4/c1-12(22-20(27)28)7-13-3-4-15(8-13)16-11-17(25-24-16)23-18(26)9-14-5-6-21-19(10-14)29-2/h5-6,10-13,15,22H,3-4,7-9H2,1-2H3,(H,27,28)(H2,23,24,25,26)/t12?,13-,15-/m0/s1. The van der Waals surface area contributed by atoms with Crippen molar-refractivity contribution in [2.75, 3.05) is 12.4 Å². The van der Waals surface area contributed by atoms with E-state index in [1.165, 1.54) is 7.11 Å². The maximum absolute atomic E-state index is 12.3. The Hall–Kier alpha value is -3.10. The molecule has 1 aliphatic carbocycles. The largest absolute Gasteiger partial charge is 0.481 e. The molecule has 2 aromatic heterocycles. The highest BCUT2D eigenvalue weighted by molar-refractivity contribution is 5.91. The number of rotatable bonds is 8. The Morgan fingerprint density at radius 2 is 2.21 bits per heavy atom. The van der Waals surface area contributed by atoms with Gasteiger partial charge in [0.15, 0.2) is 5.82 Å². The van der Waals surface area contributed by atoms with Crippen molar-refractivity contribution in [3.63, 3.8) is 0 Å². The summed E-state index contributed by atoms with van der Waals surface area (Å²) in [5.41, 5.74) is 1.82. The number of nitrogens with one attached hydrogen (secondary N) is 3. The van der Waals surface area contributed by atoms with E-state index in [1.807, 2.05) is 13.0 Å². The predicted octanol–water partition coefficient (Wildman–Crippen LogP) is 2.92. The van der Waals surface area contributed by atoms with Gasteiger partial charge >= 0.3 is 6.09 Å². The summed E-state index contributed by atoms with van der Waals surface area (Å²) in [4.78, 5) is 27.1. The molecule has 0 aliphatic heterocycles. The summed E-state index contributed by atoms with van der Waals surface area (Å²) in [7, 11) is 1.54. The van der Waals surface area contributed by atoms with E-state index in [0.717, 1.165) is 36.9 Å². The van der Waals surface area contributed by atoms with Crippen LogP contribution in [0.5, 0.6) is 5.88 Å². The molecular weight excluding hydrogens is 374 g/mol. The van der Waals surface area contributed by atoms with Crippen LogP contribution in [0.15, 0.2) is 24.4 Å². The van der Waals surface area contributed by atoms with Gasteiger partial charge in [-0.2, -0.15) is 5.10 Å². The Morgan fingerprint density at radius 3 is 2.97 bits per heavy atom. The van der Waals surface area contributed by atoms with Crippen LogP contribution in [0.25, 0.3) is 0 Å². The molecule has 3 atom stereocenters. The number of hydrogen-bond acceptors (Lipinski definition) is 5. The van der Waals surface area contributed by atoms with Crippen molar-refractivity contribution >= 4 is 17.8 Å². The van der Waals surface area contributed by atoms with Gasteiger partial charge in [0.2, 0.25) is 11.8 Å². The van der Waals surface area contributed by atoms with Gasteiger partial charge in [0.25, 0.3) is 0 Å².